The minimum absolute atomic E-state index is 0.249. The molecule has 1 aliphatic rings. The summed E-state index contributed by atoms with van der Waals surface area (Å²) in [6.45, 7) is 4.51. The molecule has 0 aliphatic heterocycles. The summed E-state index contributed by atoms with van der Waals surface area (Å²) < 4.78 is 11.3. The van der Waals surface area contributed by atoms with Crippen LogP contribution in [-0.4, -0.2) is 26.7 Å². The second-order valence-electron chi connectivity index (χ2n) is 6.76. The van der Waals surface area contributed by atoms with Crippen molar-refractivity contribution in [2.75, 3.05) is 5.75 Å². The Morgan fingerprint density at radius 2 is 2.12 bits per heavy atom. The average molecular weight is 348 g/mol. The highest BCUT2D eigenvalue weighted by Gasteiger charge is 2.32. The van der Waals surface area contributed by atoms with Gasteiger partial charge in [0.15, 0.2) is 6.61 Å². The lowest BCUT2D eigenvalue weighted by Crippen LogP contribution is -2.36. The molecule has 0 spiro atoms. The largest absolute Gasteiger partial charge is 0.484 e. The molecular weight excluding hydrogens is 324 g/mol. The molecule has 6 heteroatoms. The smallest absolute Gasteiger partial charge is 0.276 e. The fourth-order valence-electron chi connectivity index (χ4n) is 2.84. The van der Waals surface area contributed by atoms with Gasteiger partial charge in [-0.3, -0.25) is 0 Å². The standard InChI is InChI=1S/C18H24N2O3S/c1-13-6-8-18(21,9-7-13)12-24-17-20-19-16(23-17)11-22-15-5-3-4-14(2)10-15/h3-5,10,13,21H,6-9,11-12H2,1-2H3. The van der Waals surface area contributed by atoms with E-state index in [9.17, 15) is 5.11 Å². The van der Waals surface area contributed by atoms with Crippen molar-refractivity contribution >= 4 is 11.8 Å². The van der Waals surface area contributed by atoms with Crippen molar-refractivity contribution in [3.63, 3.8) is 0 Å². The number of benzene rings is 1. The third kappa shape index (κ3) is 4.74. The van der Waals surface area contributed by atoms with Gasteiger partial charge < -0.3 is 14.3 Å². The molecule has 0 bridgehead atoms. The molecule has 2 aromatic rings. The Bertz CT molecular complexity index is 666. The van der Waals surface area contributed by atoms with Gasteiger partial charge in [-0.25, -0.2) is 0 Å². The molecule has 0 amide bonds. The summed E-state index contributed by atoms with van der Waals surface area (Å²) in [5.74, 6) is 2.54. The summed E-state index contributed by atoms with van der Waals surface area (Å²) in [6, 6.07) is 7.83. The van der Waals surface area contributed by atoms with E-state index in [1.165, 1.54) is 11.8 Å². The van der Waals surface area contributed by atoms with Gasteiger partial charge in [0.25, 0.3) is 11.1 Å². The molecule has 1 saturated carbocycles. The minimum Gasteiger partial charge on any atom is -0.484 e. The predicted octanol–water partition coefficient (Wildman–Crippen LogP) is 3.99. The molecule has 0 atom stereocenters. The molecule has 0 radical (unpaired) electrons. The van der Waals surface area contributed by atoms with Crippen molar-refractivity contribution < 1.29 is 14.3 Å². The number of nitrogens with zero attached hydrogens (tertiary/aromatic N) is 2. The number of hydrogen-bond acceptors (Lipinski definition) is 6. The summed E-state index contributed by atoms with van der Waals surface area (Å²) in [7, 11) is 0. The molecule has 5 nitrogen and oxygen atoms in total. The molecule has 1 fully saturated rings. The van der Waals surface area contributed by atoms with Crippen molar-refractivity contribution in [1.82, 2.24) is 10.2 Å². The molecule has 1 N–H and O–H groups in total. The lowest BCUT2D eigenvalue weighted by Gasteiger charge is -2.34. The Morgan fingerprint density at radius 1 is 1.33 bits per heavy atom. The van der Waals surface area contributed by atoms with Crippen LogP contribution in [-0.2, 0) is 6.61 Å². The monoisotopic (exact) mass is 348 g/mol. The number of thioether (sulfide) groups is 1. The SMILES string of the molecule is Cc1cccc(OCc2nnc(SCC3(O)CCC(C)CC3)o2)c1. The van der Waals surface area contributed by atoms with Crippen LogP contribution in [0.5, 0.6) is 5.75 Å². The van der Waals surface area contributed by atoms with Crippen LogP contribution >= 0.6 is 11.8 Å². The molecule has 1 aromatic carbocycles. The zero-order valence-corrected chi connectivity index (χ0v) is 15.0. The quantitative estimate of drug-likeness (QED) is 0.796. The van der Waals surface area contributed by atoms with Gasteiger partial charge in [0.05, 0.1) is 5.60 Å². The van der Waals surface area contributed by atoms with Crippen molar-refractivity contribution in [1.29, 1.82) is 0 Å². The second kappa shape index (κ2) is 7.57. The lowest BCUT2D eigenvalue weighted by atomic mass is 9.81. The maximum Gasteiger partial charge on any atom is 0.276 e. The van der Waals surface area contributed by atoms with Gasteiger partial charge in [-0.05, 0) is 56.2 Å². The number of ether oxygens (including phenoxy) is 1. The fraction of sp³-hybridized carbons (Fsp3) is 0.556. The minimum atomic E-state index is -0.607. The predicted molar refractivity (Wildman–Crippen MR) is 93.1 cm³/mol. The van der Waals surface area contributed by atoms with E-state index >= 15 is 0 Å². The summed E-state index contributed by atoms with van der Waals surface area (Å²) in [6.07, 6.45) is 3.85. The molecular formula is C18H24N2O3S. The van der Waals surface area contributed by atoms with Gasteiger partial charge in [-0.1, -0.05) is 30.8 Å². The second-order valence-corrected chi connectivity index (χ2v) is 7.69. The van der Waals surface area contributed by atoms with Gasteiger partial charge in [0, 0.05) is 5.75 Å². The van der Waals surface area contributed by atoms with E-state index < -0.39 is 5.60 Å². The molecule has 1 aromatic heterocycles. The average Bonchev–Trinajstić information content (AvgIpc) is 3.03. The van der Waals surface area contributed by atoms with E-state index in [1.54, 1.807) is 0 Å². The number of rotatable bonds is 6. The van der Waals surface area contributed by atoms with Gasteiger partial charge in [-0.2, -0.15) is 0 Å². The van der Waals surface area contributed by atoms with Crippen molar-refractivity contribution in [3.8, 4) is 5.75 Å². The Morgan fingerprint density at radius 3 is 2.88 bits per heavy atom. The van der Waals surface area contributed by atoms with Crippen LogP contribution in [0.15, 0.2) is 33.9 Å². The van der Waals surface area contributed by atoms with Crippen LogP contribution in [0.25, 0.3) is 0 Å². The van der Waals surface area contributed by atoms with E-state index in [2.05, 4.69) is 17.1 Å². The van der Waals surface area contributed by atoms with Gasteiger partial charge in [0.1, 0.15) is 5.75 Å². The van der Waals surface area contributed by atoms with E-state index in [0.29, 0.717) is 22.8 Å². The Hall–Kier alpha value is -1.53. The highest BCUT2D eigenvalue weighted by atomic mass is 32.2. The summed E-state index contributed by atoms with van der Waals surface area (Å²) in [4.78, 5) is 0. The van der Waals surface area contributed by atoms with Crippen LogP contribution in [0, 0.1) is 12.8 Å². The maximum absolute atomic E-state index is 10.6. The Kier molecular flexibility index (Phi) is 5.46. The summed E-state index contributed by atoms with van der Waals surface area (Å²) >= 11 is 1.43. The van der Waals surface area contributed by atoms with Crippen LogP contribution in [0.1, 0.15) is 44.1 Å². The third-order valence-electron chi connectivity index (χ3n) is 4.47. The first kappa shape index (κ1) is 17.3. The molecule has 24 heavy (non-hydrogen) atoms. The van der Waals surface area contributed by atoms with Gasteiger partial charge in [0.2, 0.25) is 0 Å². The summed E-state index contributed by atoms with van der Waals surface area (Å²) in [5.41, 5.74) is 0.536. The normalized spacial score (nSPS) is 24.0. The lowest BCUT2D eigenvalue weighted by molar-refractivity contribution is 0.0148. The number of aliphatic hydroxyl groups is 1. The molecule has 0 unspecified atom stereocenters. The molecule has 130 valence electrons. The highest BCUT2D eigenvalue weighted by molar-refractivity contribution is 7.99. The molecule has 1 heterocycles. The van der Waals surface area contributed by atoms with Crippen LogP contribution in [0.2, 0.25) is 0 Å². The van der Waals surface area contributed by atoms with Crippen molar-refractivity contribution in [2.45, 2.75) is 57.0 Å². The van der Waals surface area contributed by atoms with Gasteiger partial charge >= 0.3 is 0 Å². The topological polar surface area (TPSA) is 68.4 Å². The third-order valence-corrected chi connectivity index (χ3v) is 5.56. The highest BCUT2D eigenvalue weighted by Crippen LogP contribution is 2.35. The van der Waals surface area contributed by atoms with E-state index in [-0.39, 0.29) is 6.61 Å². The maximum atomic E-state index is 10.6. The Balaban J connectivity index is 1.48. The van der Waals surface area contributed by atoms with E-state index in [4.69, 9.17) is 9.15 Å². The van der Waals surface area contributed by atoms with E-state index in [1.807, 2.05) is 31.2 Å². The van der Waals surface area contributed by atoms with Crippen molar-refractivity contribution in [2.24, 2.45) is 5.92 Å². The summed E-state index contributed by atoms with van der Waals surface area (Å²) in [5, 5.41) is 19.1. The fourth-order valence-corrected chi connectivity index (χ4v) is 3.78. The zero-order chi connectivity index (χ0) is 17.0. The number of hydrogen-bond donors (Lipinski definition) is 1. The number of aromatic nitrogens is 2. The van der Waals surface area contributed by atoms with Gasteiger partial charge in [-0.15, -0.1) is 10.2 Å². The molecule has 3 rings (SSSR count). The molecule has 1 aliphatic carbocycles. The first-order valence-electron chi connectivity index (χ1n) is 8.39. The van der Waals surface area contributed by atoms with Crippen LogP contribution in [0.3, 0.4) is 0 Å². The zero-order valence-electron chi connectivity index (χ0n) is 14.2. The van der Waals surface area contributed by atoms with E-state index in [0.717, 1.165) is 37.0 Å². The first-order valence-corrected chi connectivity index (χ1v) is 9.38. The Labute approximate surface area is 146 Å². The van der Waals surface area contributed by atoms with Crippen LogP contribution in [0.4, 0.5) is 0 Å². The molecule has 0 saturated heterocycles. The first-order chi connectivity index (χ1) is 11.5. The van der Waals surface area contributed by atoms with Crippen LogP contribution < -0.4 is 4.74 Å². The van der Waals surface area contributed by atoms with Crippen molar-refractivity contribution in [3.05, 3.63) is 35.7 Å². The number of aryl methyl sites for hydroxylation is 1.